The SMILES string of the molecule is CC(=O)OCC=C(C)C=CC=C(C)C=CC1=C(C)C[C@@H](O)CC1(C)C. The molecule has 0 aliphatic heterocycles. The van der Waals surface area contributed by atoms with E-state index in [2.05, 4.69) is 45.9 Å². The van der Waals surface area contributed by atoms with Gasteiger partial charge in [0, 0.05) is 6.92 Å². The molecule has 1 atom stereocenters. The molecule has 1 N–H and O–H groups in total. The van der Waals surface area contributed by atoms with Gasteiger partial charge in [0.1, 0.15) is 6.61 Å². The quantitative estimate of drug-likeness (QED) is 0.541. The van der Waals surface area contributed by atoms with Gasteiger partial charge in [-0.25, -0.2) is 0 Å². The predicted octanol–water partition coefficient (Wildman–Crippen LogP) is 5.05. The zero-order valence-corrected chi connectivity index (χ0v) is 16.4. The van der Waals surface area contributed by atoms with Crippen molar-refractivity contribution in [2.24, 2.45) is 5.41 Å². The Balaban J connectivity index is 2.71. The fourth-order valence-electron chi connectivity index (χ4n) is 3.16. The summed E-state index contributed by atoms with van der Waals surface area (Å²) in [6.07, 6.45) is 13.6. The lowest BCUT2D eigenvalue weighted by Crippen LogP contribution is -2.28. The highest BCUT2D eigenvalue weighted by atomic mass is 16.5. The molecule has 0 unspecified atom stereocenters. The molecule has 0 heterocycles. The Morgan fingerprint density at radius 3 is 2.52 bits per heavy atom. The van der Waals surface area contributed by atoms with E-state index in [1.54, 1.807) is 0 Å². The van der Waals surface area contributed by atoms with E-state index in [0.29, 0.717) is 6.61 Å². The third-order valence-corrected chi connectivity index (χ3v) is 4.40. The monoisotopic (exact) mass is 344 g/mol. The molecule has 3 heteroatoms. The lowest BCUT2D eigenvalue weighted by atomic mass is 9.71. The smallest absolute Gasteiger partial charge is 0.302 e. The summed E-state index contributed by atoms with van der Waals surface area (Å²) in [6.45, 7) is 12.2. The molecule has 25 heavy (non-hydrogen) atoms. The normalized spacial score (nSPS) is 22.1. The van der Waals surface area contributed by atoms with Crippen molar-refractivity contribution in [3.63, 3.8) is 0 Å². The highest BCUT2D eigenvalue weighted by Gasteiger charge is 2.31. The number of aliphatic hydroxyl groups is 1. The summed E-state index contributed by atoms with van der Waals surface area (Å²) in [5.74, 6) is -0.267. The molecule has 0 fully saturated rings. The molecule has 1 rings (SSSR count). The van der Waals surface area contributed by atoms with Gasteiger partial charge < -0.3 is 9.84 Å². The molecule has 3 nitrogen and oxygen atoms in total. The maximum Gasteiger partial charge on any atom is 0.302 e. The Hall–Kier alpha value is -1.87. The van der Waals surface area contributed by atoms with Crippen LogP contribution in [0.2, 0.25) is 0 Å². The van der Waals surface area contributed by atoms with E-state index in [1.807, 2.05) is 25.2 Å². The zero-order chi connectivity index (χ0) is 19.0. The van der Waals surface area contributed by atoms with Gasteiger partial charge >= 0.3 is 5.97 Å². The Labute approximate surface area is 152 Å². The van der Waals surface area contributed by atoms with Crippen LogP contribution in [0.4, 0.5) is 0 Å². The summed E-state index contributed by atoms with van der Waals surface area (Å²) in [5.41, 5.74) is 4.81. The molecule has 0 saturated heterocycles. The zero-order valence-electron chi connectivity index (χ0n) is 16.4. The number of carbonyl (C=O) groups is 1. The number of hydrogen-bond acceptors (Lipinski definition) is 3. The summed E-state index contributed by atoms with van der Waals surface area (Å²) >= 11 is 0. The van der Waals surface area contributed by atoms with E-state index in [-0.39, 0.29) is 17.5 Å². The Morgan fingerprint density at radius 1 is 1.24 bits per heavy atom. The van der Waals surface area contributed by atoms with Crippen molar-refractivity contribution in [3.05, 3.63) is 58.7 Å². The molecular weight excluding hydrogens is 312 g/mol. The third-order valence-electron chi connectivity index (χ3n) is 4.40. The summed E-state index contributed by atoms with van der Waals surface area (Å²) in [5, 5.41) is 9.96. The maximum absolute atomic E-state index is 10.7. The van der Waals surface area contributed by atoms with Crippen LogP contribution in [0.5, 0.6) is 0 Å². The van der Waals surface area contributed by atoms with Crippen LogP contribution in [0.1, 0.15) is 54.4 Å². The summed E-state index contributed by atoms with van der Waals surface area (Å²) in [7, 11) is 0. The number of aliphatic hydroxyl groups excluding tert-OH is 1. The number of ether oxygens (including phenoxy) is 1. The average Bonchev–Trinajstić information content (AvgIpc) is 2.44. The van der Waals surface area contributed by atoms with E-state index in [1.165, 1.54) is 18.1 Å². The molecule has 1 aliphatic carbocycles. The lowest BCUT2D eigenvalue weighted by molar-refractivity contribution is -0.139. The van der Waals surface area contributed by atoms with Crippen molar-refractivity contribution in [2.45, 2.75) is 60.5 Å². The molecule has 0 saturated carbocycles. The van der Waals surface area contributed by atoms with Gasteiger partial charge in [0.15, 0.2) is 0 Å². The van der Waals surface area contributed by atoms with Gasteiger partial charge in [-0.05, 0) is 50.7 Å². The first kappa shape index (κ1) is 21.2. The van der Waals surface area contributed by atoms with Crippen LogP contribution in [0.25, 0.3) is 0 Å². The van der Waals surface area contributed by atoms with E-state index < -0.39 is 0 Å². The van der Waals surface area contributed by atoms with Crippen molar-refractivity contribution in [1.82, 2.24) is 0 Å². The summed E-state index contributed by atoms with van der Waals surface area (Å²) < 4.78 is 4.88. The van der Waals surface area contributed by atoms with Gasteiger partial charge in [-0.3, -0.25) is 4.79 Å². The fraction of sp³-hybridized carbons (Fsp3) is 0.500. The van der Waals surface area contributed by atoms with Gasteiger partial charge in [0.05, 0.1) is 6.10 Å². The number of carbonyl (C=O) groups excluding carboxylic acids is 1. The van der Waals surface area contributed by atoms with Crippen LogP contribution in [-0.2, 0) is 9.53 Å². The minimum atomic E-state index is -0.267. The standard InChI is InChI=1S/C22H32O3/c1-16(8-7-9-17(2)12-13-25-19(4)23)10-11-21-18(3)14-20(24)15-22(21,5)6/h7-12,20,24H,13-15H2,1-6H3/t20-/m1/s1. The highest BCUT2D eigenvalue weighted by molar-refractivity contribution is 5.66. The topological polar surface area (TPSA) is 46.5 Å². The summed E-state index contributed by atoms with van der Waals surface area (Å²) in [6, 6.07) is 0. The van der Waals surface area contributed by atoms with Crippen LogP contribution in [-0.4, -0.2) is 23.8 Å². The van der Waals surface area contributed by atoms with Gasteiger partial charge in [-0.2, -0.15) is 0 Å². The first-order valence-electron chi connectivity index (χ1n) is 8.83. The second-order valence-electron chi connectivity index (χ2n) is 7.49. The van der Waals surface area contributed by atoms with Gasteiger partial charge in [0.25, 0.3) is 0 Å². The van der Waals surface area contributed by atoms with E-state index in [9.17, 15) is 9.90 Å². The average molecular weight is 344 g/mol. The van der Waals surface area contributed by atoms with Crippen LogP contribution in [0.3, 0.4) is 0 Å². The highest BCUT2D eigenvalue weighted by Crippen LogP contribution is 2.40. The first-order valence-corrected chi connectivity index (χ1v) is 8.83. The fourth-order valence-corrected chi connectivity index (χ4v) is 3.16. The second-order valence-corrected chi connectivity index (χ2v) is 7.49. The van der Waals surface area contributed by atoms with Crippen molar-refractivity contribution in [3.8, 4) is 0 Å². The van der Waals surface area contributed by atoms with Crippen molar-refractivity contribution < 1.29 is 14.6 Å². The van der Waals surface area contributed by atoms with Crippen molar-refractivity contribution in [2.75, 3.05) is 6.61 Å². The predicted molar refractivity (Wildman–Crippen MR) is 104 cm³/mol. The molecule has 0 aromatic heterocycles. The second kappa shape index (κ2) is 9.57. The molecule has 138 valence electrons. The molecule has 1 aliphatic rings. The Bertz CT molecular complexity index is 628. The number of esters is 1. The third kappa shape index (κ3) is 7.70. The number of hydrogen-bond donors (Lipinski definition) is 1. The van der Waals surface area contributed by atoms with Gasteiger partial charge in [-0.15, -0.1) is 0 Å². The maximum atomic E-state index is 10.7. The van der Waals surface area contributed by atoms with Crippen LogP contribution in [0, 0.1) is 5.41 Å². The van der Waals surface area contributed by atoms with E-state index in [0.717, 1.165) is 24.0 Å². The molecule has 0 aromatic carbocycles. The minimum absolute atomic E-state index is 0.00437. The minimum Gasteiger partial charge on any atom is -0.462 e. The Kier molecular flexibility index (Phi) is 8.11. The molecule has 0 aromatic rings. The first-order chi connectivity index (χ1) is 11.6. The molecule has 0 bridgehead atoms. The van der Waals surface area contributed by atoms with Crippen molar-refractivity contribution in [1.29, 1.82) is 0 Å². The van der Waals surface area contributed by atoms with Crippen LogP contribution < -0.4 is 0 Å². The van der Waals surface area contributed by atoms with E-state index >= 15 is 0 Å². The van der Waals surface area contributed by atoms with Crippen LogP contribution in [0.15, 0.2) is 58.7 Å². The molecular formula is C22H32O3. The largest absolute Gasteiger partial charge is 0.462 e. The molecule has 0 radical (unpaired) electrons. The molecule has 0 amide bonds. The van der Waals surface area contributed by atoms with Gasteiger partial charge in [0.2, 0.25) is 0 Å². The lowest BCUT2D eigenvalue weighted by Gasteiger charge is -2.35. The van der Waals surface area contributed by atoms with Crippen LogP contribution >= 0.6 is 0 Å². The Morgan fingerprint density at radius 2 is 1.92 bits per heavy atom. The molecule has 0 spiro atoms. The van der Waals surface area contributed by atoms with Gasteiger partial charge in [-0.1, -0.05) is 60.9 Å². The number of rotatable bonds is 6. The van der Waals surface area contributed by atoms with Crippen molar-refractivity contribution >= 4 is 5.97 Å². The van der Waals surface area contributed by atoms with E-state index in [4.69, 9.17) is 4.74 Å². The summed E-state index contributed by atoms with van der Waals surface area (Å²) in [4.78, 5) is 10.7. The number of allylic oxidation sites excluding steroid dienone is 8.